The molecule has 2 rings (SSSR count). The predicted octanol–water partition coefficient (Wildman–Crippen LogP) is -1.13. The highest BCUT2D eigenvalue weighted by Crippen LogP contribution is 2.15. The summed E-state index contributed by atoms with van der Waals surface area (Å²) in [5, 5.41) is -0.156. The van der Waals surface area contributed by atoms with Gasteiger partial charge in [0.2, 0.25) is 0 Å². The van der Waals surface area contributed by atoms with Crippen molar-refractivity contribution in [3.05, 3.63) is 0 Å². The van der Waals surface area contributed by atoms with Gasteiger partial charge in [0.15, 0.2) is 14.7 Å². The zero-order valence-corrected chi connectivity index (χ0v) is 6.86. The van der Waals surface area contributed by atoms with E-state index in [4.69, 9.17) is 4.19 Å². The standard InChI is InChI=1S/C5H4N4O3S/c10-3-1-2(7-4(11)8-3)9(13)5(12)6-1/h2,13H,(H2,7,8,10,11)/i2D/hD2. The van der Waals surface area contributed by atoms with Gasteiger partial charge < -0.3 is 5.31 Å². The first-order valence-corrected chi connectivity index (χ1v) is 3.50. The van der Waals surface area contributed by atoms with E-state index in [0.717, 1.165) is 0 Å². The highest BCUT2D eigenvalue weighted by molar-refractivity contribution is 7.78. The highest BCUT2D eigenvalue weighted by Gasteiger charge is 2.41. The number of imide groups is 1. The second-order valence-corrected chi connectivity index (χ2v) is 2.59. The number of urea groups is 2. The Hall–Kier alpha value is -1.57. The van der Waals surface area contributed by atoms with Crippen LogP contribution in [0.1, 0.15) is 1.37 Å². The molecule has 2 aliphatic heterocycles. The third-order valence-corrected chi connectivity index (χ3v) is 1.76. The van der Waals surface area contributed by atoms with E-state index in [1.807, 2.05) is 0 Å². The van der Waals surface area contributed by atoms with Crippen LogP contribution in [-0.4, -0.2) is 34.1 Å². The molecule has 2 aliphatic rings. The summed E-state index contributed by atoms with van der Waals surface area (Å²) in [6.45, 7) is 0. The Labute approximate surface area is 82.0 Å². The van der Waals surface area contributed by atoms with E-state index in [2.05, 4.69) is 17.8 Å². The molecule has 0 bridgehead atoms. The third kappa shape index (κ3) is 1.06. The van der Waals surface area contributed by atoms with Gasteiger partial charge in [0, 0.05) is 0 Å². The molecule has 0 aromatic rings. The zero-order chi connectivity index (χ0) is 12.2. The predicted molar refractivity (Wildman–Crippen MR) is 44.1 cm³/mol. The molecule has 0 saturated carbocycles. The molecule has 1 unspecified atom stereocenters. The van der Waals surface area contributed by atoms with Gasteiger partial charge >= 0.3 is 12.1 Å². The summed E-state index contributed by atoms with van der Waals surface area (Å²) in [7, 11) is 0. The number of nitrogens with one attached hydrogen (secondary N) is 2. The first kappa shape index (κ1) is 5.22. The molecule has 68 valence electrons. The van der Waals surface area contributed by atoms with Crippen molar-refractivity contribution in [3.8, 4) is 0 Å². The lowest BCUT2D eigenvalue weighted by atomic mass is 10.2. The van der Waals surface area contributed by atoms with Gasteiger partial charge in [-0.1, -0.05) is 12.8 Å². The largest absolute Gasteiger partial charge is 0.356 e. The summed E-state index contributed by atoms with van der Waals surface area (Å²) in [6, 6.07) is -2.39. The topological polar surface area (TPSA) is 90.9 Å². The summed E-state index contributed by atoms with van der Waals surface area (Å²) in [6.07, 6.45) is -2.41. The summed E-state index contributed by atoms with van der Waals surface area (Å²) in [4.78, 5) is 37.0. The Kier molecular flexibility index (Phi) is 0.987. The molecule has 1 fully saturated rings. The molecular weight excluding hydrogens is 196 g/mol. The third-order valence-electron chi connectivity index (χ3n) is 1.40. The SMILES string of the molecule is [2H]N1C(=O)C2=NC(=O)N(S)C2([2H])N([2H])C1=O. The van der Waals surface area contributed by atoms with Gasteiger partial charge in [-0.25, -0.2) is 13.9 Å². The molecule has 7 nitrogen and oxygen atoms in total. The molecule has 0 spiro atoms. The molecule has 0 radical (unpaired) electrons. The van der Waals surface area contributed by atoms with Gasteiger partial charge in [-0.15, -0.1) is 0 Å². The maximum absolute atomic E-state index is 11.4. The molecule has 0 aromatic carbocycles. The van der Waals surface area contributed by atoms with E-state index in [9.17, 15) is 14.4 Å². The maximum atomic E-state index is 11.4. The van der Waals surface area contributed by atoms with Gasteiger partial charge in [0.25, 0.3) is 5.91 Å². The molecule has 2 heterocycles. The second kappa shape index (κ2) is 2.46. The number of amides is 5. The van der Waals surface area contributed by atoms with Crippen molar-refractivity contribution in [1.82, 2.24) is 14.9 Å². The molecule has 5 amide bonds. The van der Waals surface area contributed by atoms with Crippen molar-refractivity contribution < 1.29 is 18.6 Å². The lowest BCUT2D eigenvalue weighted by Gasteiger charge is -2.23. The minimum absolute atomic E-state index is 0.0157. The van der Waals surface area contributed by atoms with E-state index in [-0.39, 0.29) is 10.6 Å². The van der Waals surface area contributed by atoms with Gasteiger partial charge in [-0.3, -0.25) is 10.1 Å². The lowest BCUT2D eigenvalue weighted by molar-refractivity contribution is -0.114. The van der Waals surface area contributed by atoms with E-state index in [0.29, 0.717) is 4.31 Å². The van der Waals surface area contributed by atoms with Crippen molar-refractivity contribution in [1.29, 1.82) is 0 Å². The Morgan fingerprint density at radius 1 is 1.62 bits per heavy atom. The Balaban J connectivity index is 2.60. The first-order valence-electron chi connectivity index (χ1n) is 4.50. The van der Waals surface area contributed by atoms with Gasteiger partial charge in [0.1, 0.15) is 0 Å². The minimum atomic E-state index is -2.41. The summed E-state index contributed by atoms with van der Waals surface area (Å²) in [5.74, 6) is -1.21. The molecule has 0 aliphatic carbocycles. The van der Waals surface area contributed by atoms with E-state index >= 15 is 0 Å². The van der Waals surface area contributed by atoms with Crippen LogP contribution in [-0.2, 0) is 4.79 Å². The van der Waals surface area contributed by atoms with E-state index < -0.39 is 29.8 Å². The van der Waals surface area contributed by atoms with Gasteiger partial charge in [-0.2, -0.15) is 4.99 Å². The summed E-state index contributed by atoms with van der Waals surface area (Å²) >= 11 is 3.60. The average molecular weight is 203 g/mol. The second-order valence-electron chi connectivity index (χ2n) is 2.19. The monoisotopic (exact) mass is 203 g/mol. The number of thiol groups is 1. The van der Waals surface area contributed by atoms with Crippen molar-refractivity contribution in [2.24, 2.45) is 4.99 Å². The first-order chi connectivity index (χ1) is 7.31. The number of carbonyl (C=O) groups is 3. The van der Waals surface area contributed by atoms with Crippen LogP contribution >= 0.6 is 12.8 Å². The van der Waals surface area contributed by atoms with Crippen molar-refractivity contribution in [2.45, 2.75) is 6.14 Å². The molecule has 2 N–H and O–H groups in total. The highest BCUT2D eigenvalue weighted by atomic mass is 32.1. The molecular formula is C5H4N4O3S. The molecule has 1 atom stereocenters. The van der Waals surface area contributed by atoms with Gasteiger partial charge in [0.05, 0.1) is 1.37 Å². The van der Waals surface area contributed by atoms with Crippen molar-refractivity contribution >= 4 is 36.5 Å². The summed E-state index contributed by atoms with van der Waals surface area (Å²) < 4.78 is 22.4. The molecule has 0 aromatic heterocycles. The fraction of sp³-hybridized carbons (Fsp3) is 0.200. The molecule has 13 heavy (non-hydrogen) atoms. The quantitative estimate of drug-likeness (QED) is 0.435. The zero-order valence-electron chi connectivity index (χ0n) is 8.96. The van der Waals surface area contributed by atoms with Crippen LogP contribution in [0.15, 0.2) is 4.99 Å². The number of nitrogens with zero attached hydrogens (tertiary/aromatic N) is 2. The van der Waals surface area contributed by atoms with Crippen molar-refractivity contribution in [3.63, 3.8) is 0 Å². The fourth-order valence-corrected chi connectivity index (χ4v) is 1.07. The number of hydrogen-bond acceptors (Lipinski definition) is 4. The van der Waals surface area contributed by atoms with Crippen LogP contribution in [0.25, 0.3) is 0 Å². The minimum Gasteiger partial charge on any atom is -0.311 e. The van der Waals surface area contributed by atoms with Crippen molar-refractivity contribution in [2.75, 3.05) is 0 Å². The van der Waals surface area contributed by atoms with Crippen LogP contribution < -0.4 is 10.6 Å². The maximum Gasteiger partial charge on any atom is 0.356 e. The Bertz CT molecular complexity index is 456. The van der Waals surface area contributed by atoms with Crippen LogP contribution in [0.5, 0.6) is 0 Å². The number of aliphatic imine (C=N–C) groups is 1. The van der Waals surface area contributed by atoms with Crippen LogP contribution in [0.3, 0.4) is 0 Å². The number of carbonyl (C=O) groups excluding carboxylic acids is 3. The Morgan fingerprint density at radius 3 is 3.00 bits per heavy atom. The number of fused-ring (bicyclic) bond motifs is 1. The van der Waals surface area contributed by atoms with E-state index in [1.54, 1.807) is 0 Å². The number of hydrogen-bond donors (Lipinski definition) is 3. The fourth-order valence-electron chi connectivity index (χ4n) is 0.883. The summed E-state index contributed by atoms with van der Waals surface area (Å²) in [5.41, 5.74) is -0.697. The Morgan fingerprint density at radius 2 is 2.31 bits per heavy atom. The molecule has 8 heteroatoms. The average Bonchev–Trinajstić information content (AvgIpc) is 2.49. The molecule has 1 saturated heterocycles. The van der Waals surface area contributed by atoms with E-state index in [1.165, 1.54) is 0 Å². The van der Waals surface area contributed by atoms with Crippen LogP contribution in [0.2, 0.25) is 2.82 Å². The smallest absolute Gasteiger partial charge is 0.311 e. The number of rotatable bonds is 0. The van der Waals surface area contributed by atoms with Crippen LogP contribution in [0.4, 0.5) is 9.59 Å². The van der Waals surface area contributed by atoms with Gasteiger partial charge in [-0.05, 0) is 0 Å². The van der Waals surface area contributed by atoms with Crippen LogP contribution in [0, 0.1) is 0 Å². The normalized spacial score (nSPS) is 37.0. The lowest BCUT2D eigenvalue weighted by Crippen LogP contribution is -2.60.